The van der Waals surface area contributed by atoms with E-state index < -0.39 is 26.6 Å². The van der Waals surface area contributed by atoms with Gasteiger partial charge in [-0.15, -0.1) is 0 Å². The Hall–Kier alpha value is -1.54. The predicted molar refractivity (Wildman–Crippen MR) is 284 cm³/mol. The van der Waals surface area contributed by atoms with Crippen LogP contribution in [0.15, 0.2) is 48.6 Å². The number of carbonyl (C=O) groups is 1. The summed E-state index contributed by atoms with van der Waals surface area (Å²) in [5.41, 5.74) is 0. The smallest absolute Gasteiger partial charge is 0.268 e. The number of hydrogen-bond acceptors (Lipinski definition) is 6. The van der Waals surface area contributed by atoms with Crippen LogP contribution in [0.1, 0.15) is 258 Å². The number of aliphatic hydroxyl groups excluding tert-OH is 1. The molecule has 66 heavy (non-hydrogen) atoms. The summed E-state index contributed by atoms with van der Waals surface area (Å²) in [5, 5.41) is 13.8. The molecular weight excluding hydrogens is 840 g/mol. The van der Waals surface area contributed by atoms with Crippen molar-refractivity contribution >= 4 is 13.7 Å². The van der Waals surface area contributed by atoms with E-state index in [-0.39, 0.29) is 12.5 Å². The van der Waals surface area contributed by atoms with E-state index in [1.54, 1.807) is 6.08 Å². The number of aliphatic hydroxyl groups is 1. The highest BCUT2D eigenvalue weighted by Crippen LogP contribution is 2.38. The van der Waals surface area contributed by atoms with Gasteiger partial charge in [0.1, 0.15) is 13.2 Å². The Morgan fingerprint density at radius 1 is 0.515 bits per heavy atom. The highest BCUT2D eigenvalue weighted by Gasteiger charge is 2.23. The van der Waals surface area contributed by atoms with Gasteiger partial charge in [0.15, 0.2) is 0 Å². The number of amides is 1. The quantitative estimate of drug-likeness (QED) is 0.0272. The van der Waals surface area contributed by atoms with E-state index in [1.807, 2.05) is 27.2 Å². The van der Waals surface area contributed by atoms with E-state index in [0.29, 0.717) is 17.4 Å². The monoisotopic (exact) mass is 949 g/mol. The molecule has 0 fully saturated rings. The van der Waals surface area contributed by atoms with Gasteiger partial charge in [0.2, 0.25) is 5.91 Å². The number of allylic oxidation sites excluding steroid dienone is 7. The fourth-order valence-electron chi connectivity index (χ4n) is 8.06. The van der Waals surface area contributed by atoms with Crippen molar-refractivity contribution in [1.82, 2.24) is 5.32 Å². The summed E-state index contributed by atoms with van der Waals surface area (Å²) >= 11 is 0. The Bertz CT molecular complexity index is 1210. The molecule has 0 saturated heterocycles. The molecule has 0 rings (SSSR count). The molecule has 0 heterocycles. The first-order valence-electron chi connectivity index (χ1n) is 28.0. The molecule has 0 saturated carbocycles. The van der Waals surface area contributed by atoms with Gasteiger partial charge >= 0.3 is 0 Å². The van der Waals surface area contributed by atoms with Gasteiger partial charge in [0.05, 0.1) is 39.9 Å². The van der Waals surface area contributed by atoms with Gasteiger partial charge in [-0.25, -0.2) is 0 Å². The average Bonchev–Trinajstić information content (AvgIpc) is 3.28. The van der Waals surface area contributed by atoms with E-state index in [9.17, 15) is 19.4 Å². The summed E-state index contributed by atoms with van der Waals surface area (Å²) in [6, 6.07) is -0.913. The van der Waals surface area contributed by atoms with Crippen LogP contribution in [0.5, 0.6) is 0 Å². The highest BCUT2D eigenvalue weighted by molar-refractivity contribution is 7.45. The van der Waals surface area contributed by atoms with E-state index >= 15 is 0 Å². The van der Waals surface area contributed by atoms with Crippen LogP contribution in [0.4, 0.5) is 0 Å². The zero-order valence-electron chi connectivity index (χ0n) is 44.1. The van der Waals surface area contributed by atoms with Gasteiger partial charge in [-0.2, -0.15) is 0 Å². The number of phosphoric ester groups is 1. The molecule has 2 N–H and O–H groups in total. The highest BCUT2D eigenvalue weighted by atomic mass is 31.2. The lowest BCUT2D eigenvalue weighted by molar-refractivity contribution is -0.870. The van der Waals surface area contributed by atoms with Crippen molar-refractivity contribution in [3.8, 4) is 0 Å². The molecule has 0 aliphatic heterocycles. The van der Waals surface area contributed by atoms with Crippen molar-refractivity contribution in [1.29, 1.82) is 0 Å². The Morgan fingerprint density at radius 3 is 1.23 bits per heavy atom. The number of nitrogens with one attached hydrogen (secondary N) is 1. The molecule has 3 atom stereocenters. The van der Waals surface area contributed by atoms with Crippen molar-refractivity contribution in [3.63, 3.8) is 0 Å². The minimum Gasteiger partial charge on any atom is -0.756 e. The Morgan fingerprint density at radius 2 is 0.848 bits per heavy atom. The van der Waals surface area contributed by atoms with E-state index in [2.05, 4.69) is 55.6 Å². The van der Waals surface area contributed by atoms with Crippen molar-refractivity contribution < 1.29 is 32.9 Å². The third kappa shape index (κ3) is 50.3. The molecule has 0 aliphatic rings. The van der Waals surface area contributed by atoms with Gasteiger partial charge in [0, 0.05) is 6.42 Å². The van der Waals surface area contributed by atoms with E-state index in [1.165, 1.54) is 193 Å². The van der Waals surface area contributed by atoms with Gasteiger partial charge in [-0.3, -0.25) is 9.36 Å². The molecule has 0 bridgehead atoms. The summed E-state index contributed by atoms with van der Waals surface area (Å²) < 4.78 is 23.3. The Balaban J connectivity index is 4.33. The van der Waals surface area contributed by atoms with Crippen molar-refractivity contribution in [3.05, 3.63) is 48.6 Å². The number of nitrogens with zero attached hydrogens (tertiary/aromatic N) is 1. The van der Waals surface area contributed by atoms with Crippen LogP contribution < -0.4 is 10.2 Å². The minimum atomic E-state index is -4.61. The Kier molecular flexibility index (Phi) is 47.4. The third-order valence-electron chi connectivity index (χ3n) is 12.5. The van der Waals surface area contributed by atoms with Crippen LogP contribution in [0, 0.1) is 0 Å². The van der Waals surface area contributed by atoms with Crippen LogP contribution in [0.2, 0.25) is 0 Å². The van der Waals surface area contributed by atoms with E-state index in [4.69, 9.17) is 9.05 Å². The number of rotatable bonds is 51. The summed E-state index contributed by atoms with van der Waals surface area (Å²) in [4.78, 5) is 25.5. The van der Waals surface area contributed by atoms with Crippen LogP contribution in [0.25, 0.3) is 0 Å². The molecule has 0 aromatic heterocycles. The van der Waals surface area contributed by atoms with Crippen LogP contribution in [-0.2, 0) is 18.4 Å². The number of quaternary nitrogens is 1. The molecule has 0 aromatic carbocycles. The maximum absolute atomic E-state index is 12.9. The maximum atomic E-state index is 12.9. The van der Waals surface area contributed by atoms with Gasteiger partial charge in [0.25, 0.3) is 7.82 Å². The molecule has 0 radical (unpaired) electrons. The lowest BCUT2D eigenvalue weighted by Gasteiger charge is -2.29. The topological polar surface area (TPSA) is 108 Å². The molecular formula is C57H109N2O6P. The molecule has 0 aliphatic carbocycles. The molecule has 0 aromatic rings. The second-order valence-electron chi connectivity index (χ2n) is 20.3. The predicted octanol–water partition coefficient (Wildman–Crippen LogP) is 16.1. The van der Waals surface area contributed by atoms with Gasteiger partial charge in [-0.05, 0) is 70.6 Å². The Labute approximate surface area is 409 Å². The normalized spacial score (nSPS) is 14.3. The van der Waals surface area contributed by atoms with Gasteiger partial charge in [-0.1, -0.05) is 229 Å². The summed E-state index contributed by atoms with van der Waals surface area (Å²) in [6.45, 7) is 4.64. The molecule has 8 nitrogen and oxygen atoms in total. The average molecular weight is 949 g/mol. The zero-order valence-corrected chi connectivity index (χ0v) is 45.0. The largest absolute Gasteiger partial charge is 0.756 e. The third-order valence-corrected chi connectivity index (χ3v) is 13.5. The first-order chi connectivity index (χ1) is 32.0. The number of phosphoric acid groups is 1. The molecule has 1 amide bonds. The fraction of sp³-hybridized carbons (Fsp3) is 0.842. The first-order valence-corrected chi connectivity index (χ1v) is 29.5. The minimum absolute atomic E-state index is 0.0103. The standard InChI is InChI=1S/C57H109N2O6P/c1-6-8-10-12-14-16-18-20-22-24-26-28-30-32-34-36-38-40-42-44-46-48-50-56(60)55(54-65-66(62,63)64-53-52-59(3,4)5)58-57(61)51-49-47-45-43-41-39-37-35-33-31-29-27-25-23-21-19-17-15-13-11-9-7-2/h31-34,40,42,48,50,55-56,60H,6-30,35-39,41,43-47,49,51-54H2,1-5H3,(H-,58,61,62,63)/b33-31-,34-32+,42-40+,50-48+. The fourth-order valence-corrected chi connectivity index (χ4v) is 8.79. The number of unbranched alkanes of at least 4 members (excludes halogenated alkanes) is 32. The SMILES string of the molecule is CCCCCCCCCCCCC/C=C\CCCCCCCCCC(=O)NC(COP(=O)([O-])OCC[N+](C)(C)C)C(O)/C=C/CC/C=C/CC/C=C/CCCCCCCCCCCCCC. The second kappa shape index (κ2) is 48.5. The molecule has 0 spiro atoms. The lowest BCUT2D eigenvalue weighted by Crippen LogP contribution is -2.45. The van der Waals surface area contributed by atoms with Crippen LogP contribution in [0.3, 0.4) is 0 Å². The van der Waals surface area contributed by atoms with Crippen LogP contribution >= 0.6 is 7.82 Å². The van der Waals surface area contributed by atoms with Crippen LogP contribution in [-0.4, -0.2) is 68.5 Å². The number of hydrogen-bond donors (Lipinski definition) is 2. The second-order valence-corrected chi connectivity index (χ2v) is 21.7. The van der Waals surface area contributed by atoms with Crippen molar-refractivity contribution in [2.45, 2.75) is 270 Å². The molecule has 3 unspecified atom stereocenters. The van der Waals surface area contributed by atoms with E-state index in [0.717, 1.165) is 44.9 Å². The summed E-state index contributed by atoms with van der Waals surface area (Å²) in [5.74, 6) is -0.214. The number of likely N-dealkylation sites (N-methyl/N-ethyl adjacent to an activating group) is 1. The molecule has 388 valence electrons. The summed E-state index contributed by atoms with van der Waals surface area (Å²) in [6.07, 6.45) is 63.3. The van der Waals surface area contributed by atoms with Crippen molar-refractivity contribution in [2.24, 2.45) is 0 Å². The first kappa shape index (κ1) is 64.5. The molecule has 9 heteroatoms. The van der Waals surface area contributed by atoms with Gasteiger partial charge < -0.3 is 28.8 Å². The van der Waals surface area contributed by atoms with Crippen molar-refractivity contribution in [2.75, 3.05) is 40.9 Å². The zero-order chi connectivity index (χ0) is 48.5. The maximum Gasteiger partial charge on any atom is 0.268 e. The lowest BCUT2D eigenvalue weighted by atomic mass is 10.0. The summed E-state index contributed by atoms with van der Waals surface area (Å²) in [7, 11) is 1.23. The number of carbonyl (C=O) groups excluding carboxylic acids is 1.